The first-order chi connectivity index (χ1) is 7.57. The highest BCUT2D eigenvalue weighted by molar-refractivity contribution is 5.30. The SMILES string of the molecule is CC1(C2=CC=C[C@@H](O)[C@H]2O)OCC(CO)O1. The summed E-state index contributed by atoms with van der Waals surface area (Å²) < 4.78 is 11.0. The number of ether oxygens (including phenoxy) is 2. The molecule has 16 heavy (non-hydrogen) atoms. The van der Waals surface area contributed by atoms with Gasteiger partial charge in [0.05, 0.1) is 13.2 Å². The summed E-state index contributed by atoms with van der Waals surface area (Å²) in [5, 5.41) is 28.3. The van der Waals surface area contributed by atoms with Crippen LogP contribution in [0.25, 0.3) is 0 Å². The Kier molecular flexibility index (Phi) is 3.14. The number of aliphatic hydroxyl groups is 3. The van der Waals surface area contributed by atoms with E-state index in [9.17, 15) is 10.2 Å². The van der Waals surface area contributed by atoms with Crippen LogP contribution in [0, 0.1) is 0 Å². The smallest absolute Gasteiger partial charge is 0.191 e. The first-order valence-electron chi connectivity index (χ1n) is 5.24. The Morgan fingerprint density at radius 2 is 2.25 bits per heavy atom. The molecule has 1 fully saturated rings. The van der Waals surface area contributed by atoms with E-state index in [0.29, 0.717) is 5.57 Å². The molecule has 5 nitrogen and oxygen atoms in total. The minimum Gasteiger partial charge on any atom is -0.394 e. The molecule has 1 aliphatic carbocycles. The van der Waals surface area contributed by atoms with Gasteiger partial charge in [0.25, 0.3) is 0 Å². The van der Waals surface area contributed by atoms with Crippen molar-refractivity contribution in [3.63, 3.8) is 0 Å². The Bertz CT molecular complexity index is 324. The van der Waals surface area contributed by atoms with Crippen LogP contribution in [-0.2, 0) is 9.47 Å². The van der Waals surface area contributed by atoms with E-state index in [4.69, 9.17) is 14.6 Å². The number of rotatable bonds is 2. The predicted molar refractivity (Wildman–Crippen MR) is 55.6 cm³/mol. The van der Waals surface area contributed by atoms with Crippen LogP contribution in [0.5, 0.6) is 0 Å². The molecule has 0 aromatic carbocycles. The molecule has 0 saturated carbocycles. The highest BCUT2D eigenvalue weighted by Gasteiger charge is 2.44. The minimum atomic E-state index is -1.07. The lowest BCUT2D eigenvalue weighted by Crippen LogP contribution is -2.41. The van der Waals surface area contributed by atoms with Crippen LogP contribution in [0.4, 0.5) is 0 Å². The normalized spacial score (nSPS) is 43.5. The van der Waals surface area contributed by atoms with Gasteiger partial charge < -0.3 is 24.8 Å². The fraction of sp³-hybridized carbons (Fsp3) is 0.636. The van der Waals surface area contributed by atoms with E-state index in [2.05, 4.69) is 0 Å². The van der Waals surface area contributed by atoms with Gasteiger partial charge in [-0.3, -0.25) is 0 Å². The quantitative estimate of drug-likeness (QED) is 0.584. The van der Waals surface area contributed by atoms with Gasteiger partial charge in [-0.1, -0.05) is 18.2 Å². The summed E-state index contributed by atoms with van der Waals surface area (Å²) in [7, 11) is 0. The maximum absolute atomic E-state index is 9.83. The molecule has 1 saturated heterocycles. The molecular formula is C11H16O5. The van der Waals surface area contributed by atoms with Crippen molar-refractivity contribution in [2.75, 3.05) is 13.2 Å². The van der Waals surface area contributed by atoms with Crippen LogP contribution in [0.3, 0.4) is 0 Å². The number of hydrogen-bond donors (Lipinski definition) is 3. The number of allylic oxidation sites excluding steroid dienone is 2. The zero-order chi connectivity index (χ0) is 11.8. The van der Waals surface area contributed by atoms with Crippen molar-refractivity contribution in [2.24, 2.45) is 0 Å². The molecule has 5 heteroatoms. The number of hydrogen-bond acceptors (Lipinski definition) is 5. The summed E-state index contributed by atoms with van der Waals surface area (Å²) in [6.45, 7) is 1.82. The Balaban J connectivity index is 2.18. The maximum Gasteiger partial charge on any atom is 0.191 e. The highest BCUT2D eigenvalue weighted by atomic mass is 16.7. The van der Waals surface area contributed by atoms with Gasteiger partial charge in [-0.2, -0.15) is 0 Å². The van der Waals surface area contributed by atoms with Crippen molar-refractivity contribution in [2.45, 2.75) is 31.0 Å². The summed E-state index contributed by atoms with van der Waals surface area (Å²) in [5.41, 5.74) is 0.471. The Labute approximate surface area is 93.6 Å². The van der Waals surface area contributed by atoms with Crippen LogP contribution < -0.4 is 0 Å². The molecule has 2 aliphatic rings. The van der Waals surface area contributed by atoms with Gasteiger partial charge in [0, 0.05) is 5.57 Å². The molecule has 2 rings (SSSR count). The van der Waals surface area contributed by atoms with E-state index >= 15 is 0 Å². The lowest BCUT2D eigenvalue weighted by Gasteiger charge is -2.32. The molecule has 3 N–H and O–H groups in total. The third-order valence-electron chi connectivity index (χ3n) is 2.89. The van der Waals surface area contributed by atoms with Crippen molar-refractivity contribution >= 4 is 0 Å². The molecule has 0 radical (unpaired) electrons. The van der Waals surface area contributed by atoms with Gasteiger partial charge in [0.15, 0.2) is 5.79 Å². The van der Waals surface area contributed by atoms with E-state index in [1.807, 2.05) is 0 Å². The minimum absolute atomic E-state index is 0.128. The first kappa shape index (κ1) is 11.8. The van der Waals surface area contributed by atoms with E-state index < -0.39 is 18.0 Å². The zero-order valence-electron chi connectivity index (χ0n) is 9.04. The Morgan fingerprint density at radius 1 is 1.50 bits per heavy atom. The fourth-order valence-electron chi connectivity index (χ4n) is 1.96. The molecule has 4 atom stereocenters. The summed E-state index contributed by atoms with van der Waals surface area (Å²) in [6.07, 6.45) is 2.44. The monoisotopic (exact) mass is 228 g/mol. The second-order valence-corrected chi connectivity index (χ2v) is 4.12. The lowest BCUT2D eigenvalue weighted by atomic mass is 9.93. The molecular weight excluding hydrogens is 212 g/mol. The van der Waals surface area contributed by atoms with Crippen molar-refractivity contribution in [3.8, 4) is 0 Å². The van der Waals surface area contributed by atoms with Gasteiger partial charge in [0.1, 0.15) is 18.3 Å². The van der Waals surface area contributed by atoms with Gasteiger partial charge in [-0.15, -0.1) is 0 Å². The van der Waals surface area contributed by atoms with Gasteiger partial charge in [-0.25, -0.2) is 0 Å². The largest absolute Gasteiger partial charge is 0.394 e. The lowest BCUT2D eigenvalue weighted by molar-refractivity contribution is -0.142. The second kappa shape index (κ2) is 4.27. The third-order valence-corrected chi connectivity index (χ3v) is 2.89. The zero-order valence-corrected chi connectivity index (χ0v) is 9.04. The van der Waals surface area contributed by atoms with Crippen LogP contribution >= 0.6 is 0 Å². The molecule has 1 aliphatic heterocycles. The molecule has 0 aromatic heterocycles. The first-order valence-corrected chi connectivity index (χ1v) is 5.24. The van der Waals surface area contributed by atoms with E-state index in [0.717, 1.165) is 0 Å². The standard InChI is InChI=1S/C11H16O5/c1-11(15-6-7(5-12)16-11)8-3-2-4-9(13)10(8)14/h2-4,7,9-10,12-14H,5-6H2,1H3/t7?,9-,10+,11?/m1/s1. The topological polar surface area (TPSA) is 79.2 Å². The average Bonchev–Trinajstić information content (AvgIpc) is 2.65. The van der Waals surface area contributed by atoms with E-state index in [1.165, 1.54) is 6.08 Å². The van der Waals surface area contributed by atoms with Crippen LogP contribution in [0.2, 0.25) is 0 Å². The molecule has 0 amide bonds. The van der Waals surface area contributed by atoms with E-state index in [1.54, 1.807) is 19.1 Å². The van der Waals surface area contributed by atoms with Crippen LogP contribution in [0.15, 0.2) is 23.8 Å². The molecule has 90 valence electrons. The van der Waals surface area contributed by atoms with Gasteiger partial charge in [-0.05, 0) is 6.92 Å². The summed E-state index contributed by atoms with van der Waals surface area (Å²) in [6, 6.07) is 0. The second-order valence-electron chi connectivity index (χ2n) is 4.12. The Hall–Kier alpha value is -0.720. The summed E-state index contributed by atoms with van der Waals surface area (Å²) >= 11 is 0. The predicted octanol–water partition coefficient (Wildman–Crippen LogP) is -0.672. The maximum atomic E-state index is 9.83. The van der Waals surface area contributed by atoms with Crippen LogP contribution in [0.1, 0.15) is 6.92 Å². The Morgan fingerprint density at radius 3 is 2.88 bits per heavy atom. The molecule has 0 bridgehead atoms. The van der Waals surface area contributed by atoms with Crippen molar-refractivity contribution in [3.05, 3.63) is 23.8 Å². The van der Waals surface area contributed by atoms with E-state index in [-0.39, 0.29) is 19.3 Å². The van der Waals surface area contributed by atoms with Crippen molar-refractivity contribution < 1.29 is 24.8 Å². The van der Waals surface area contributed by atoms with Crippen LogP contribution in [-0.4, -0.2) is 52.6 Å². The third kappa shape index (κ3) is 1.92. The summed E-state index contributed by atoms with van der Waals surface area (Å²) in [5.74, 6) is -1.07. The molecule has 0 spiro atoms. The molecule has 0 aromatic rings. The average molecular weight is 228 g/mol. The van der Waals surface area contributed by atoms with Gasteiger partial charge in [0.2, 0.25) is 0 Å². The van der Waals surface area contributed by atoms with Crippen molar-refractivity contribution in [1.82, 2.24) is 0 Å². The fourth-order valence-corrected chi connectivity index (χ4v) is 1.96. The highest BCUT2D eigenvalue weighted by Crippen LogP contribution is 2.34. The molecule has 2 unspecified atom stereocenters. The number of aliphatic hydroxyl groups excluding tert-OH is 3. The van der Waals surface area contributed by atoms with Crippen molar-refractivity contribution in [1.29, 1.82) is 0 Å². The summed E-state index contributed by atoms with van der Waals surface area (Å²) in [4.78, 5) is 0. The van der Waals surface area contributed by atoms with Gasteiger partial charge >= 0.3 is 0 Å². The molecule has 1 heterocycles.